The molecule has 2 N–H and O–H groups in total. The molecule has 0 spiro atoms. The Morgan fingerprint density at radius 2 is 2.00 bits per heavy atom. The Hall–Kier alpha value is -3.34. The van der Waals surface area contributed by atoms with Gasteiger partial charge in [-0.1, -0.05) is 30.3 Å². The number of aryl methyl sites for hydroxylation is 1. The number of nitrogens with one attached hydrogen (secondary N) is 2. The quantitative estimate of drug-likeness (QED) is 0.592. The molecule has 5 heteroatoms. The molecule has 5 nitrogen and oxygen atoms in total. The second-order valence-corrected chi connectivity index (χ2v) is 5.90. The van der Waals surface area contributed by atoms with Crippen LogP contribution in [0.2, 0.25) is 0 Å². The van der Waals surface area contributed by atoms with Gasteiger partial charge in [-0.3, -0.25) is 4.79 Å². The van der Waals surface area contributed by atoms with Crippen LogP contribution in [0.3, 0.4) is 0 Å². The lowest BCUT2D eigenvalue weighted by atomic mass is 10.1. The van der Waals surface area contributed by atoms with Crippen LogP contribution in [0.5, 0.6) is 0 Å². The van der Waals surface area contributed by atoms with Gasteiger partial charge in [0.1, 0.15) is 11.5 Å². The van der Waals surface area contributed by atoms with Gasteiger partial charge in [-0.05, 0) is 42.8 Å². The van der Waals surface area contributed by atoms with Crippen LogP contribution in [0.15, 0.2) is 65.1 Å². The molecular weight excluding hydrogens is 314 g/mol. The van der Waals surface area contributed by atoms with Crippen LogP contribution in [0.4, 0.5) is 0 Å². The highest BCUT2D eigenvalue weighted by molar-refractivity contribution is 5.94. The van der Waals surface area contributed by atoms with Crippen LogP contribution in [0, 0.1) is 6.92 Å². The van der Waals surface area contributed by atoms with Crippen molar-refractivity contribution in [2.45, 2.75) is 13.5 Å². The van der Waals surface area contributed by atoms with Crippen LogP contribution in [-0.4, -0.2) is 15.9 Å². The number of fused-ring (bicyclic) bond motifs is 1. The highest BCUT2D eigenvalue weighted by Gasteiger charge is 2.11. The molecule has 2 heterocycles. The Balaban J connectivity index is 1.48. The van der Waals surface area contributed by atoms with Crippen LogP contribution in [0.1, 0.15) is 21.9 Å². The average Bonchev–Trinajstić information content (AvgIpc) is 3.26. The molecule has 0 unspecified atom stereocenters. The summed E-state index contributed by atoms with van der Waals surface area (Å²) in [6.07, 6.45) is 0. The first-order chi connectivity index (χ1) is 12.2. The summed E-state index contributed by atoms with van der Waals surface area (Å²) in [5, 5.41) is 2.90. The van der Waals surface area contributed by atoms with Gasteiger partial charge < -0.3 is 14.7 Å². The van der Waals surface area contributed by atoms with Gasteiger partial charge >= 0.3 is 0 Å². The van der Waals surface area contributed by atoms with Gasteiger partial charge in [-0.15, -0.1) is 0 Å². The van der Waals surface area contributed by atoms with Crippen LogP contribution >= 0.6 is 0 Å². The molecule has 2 aromatic carbocycles. The molecule has 0 aliphatic rings. The number of para-hydroxylation sites is 2. The maximum absolute atomic E-state index is 12.3. The predicted molar refractivity (Wildman–Crippen MR) is 96.1 cm³/mol. The molecule has 2 aromatic heterocycles. The van der Waals surface area contributed by atoms with Crippen LogP contribution < -0.4 is 5.32 Å². The molecule has 0 bridgehead atoms. The number of furan rings is 1. The SMILES string of the molecule is Cc1ccc(-c2cccc(CNC(=O)c3nc4ccccc4[nH]3)c2)o1. The van der Waals surface area contributed by atoms with Crippen molar-refractivity contribution >= 4 is 16.9 Å². The first-order valence-corrected chi connectivity index (χ1v) is 8.08. The van der Waals surface area contributed by atoms with Crippen molar-refractivity contribution in [3.8, 4) is 11.3 Å². The minimum absolute atomic E-state index is 0.226. The molecule has 0 atom stereocenters. The standard InChI is InChI=1S/C20H17N3O2/c1-13-9-10-18(25-13)15-6-4-5-14(11-15)12-21-20(24)19-22-16-7-2-3-8-17(16)23-19/h2-11H,12H2,1H3,(H,21,24)(H,22,23). The lowest BCUT2D eigenvalue weighted by Gasteiger charge is -2.05. The number of carbonyl (C=O) groups excluding carboxylic acids is 1. The summed E-state index contributed by atoms with van der Waals surface area (Å²) in [4.78, 5) is 19.7. The highest BCUT2D eigenvalue weighted by Crippen LogP contribution is 2.22. The number of amides is 1. The van der Waals surface area contributed by atoms with Crippen molar-refractivity contribution in [1.82, 2.24) is 15.3 Å². The van der Waals surface area contributed by atoms with E-state index in [1.54, 1.807) is 0 Å². The summed E-state index contributed by atoms with van der Waals surface area (Å²) in [7, 11) is 0. The zero-order chi connectivity index (χ0) is 17.2. The van der Waals surface area contributed by atoms with E-state index in [4.69, 9.17) is 4.42 Å². The maximum Gasteiger partial charge on any atom is 0.287 e. The van der Waals surface area contributed by atoms with Gasteiger partial charge in [0, 0.05) is 12.1 Å². The first-order valence-electron chi connectivity index (χ1n) is 8.08. The van der Waals surface area contributed by atoms with Gasteiger partial charge in [0.2, 0.25) is 0 Å². The fraction of sp³-hybridized carbons (Fsp3) is 0.100. The third-order valence-electron chi connectivity index (χ3n) is 4.01. The lowest BCUT2D eigenvalue weighted by molar-refractivity contribution is 0.0942. The number of benzene rings is 2. The fourth-order valence-electron chi connectivity index (χ4n) is 2.75. The van der Waals surface area contributed by atoms with Crippen molar-refractivity contribution < 1.29 is 9.21 Å². The smallest absolute Gasteiger partial charge is 0.287 e. The summed E-state index contributed by atoms with van der Waals surface area (Å²) in [5.74, 6) is 1.79. The molecular formula is C20H17N3O2. The Kier molecular flexibility index (Phi) is 3.82. The van der Waals surface area contributed by atoms with Crippen LogP contribution in [0.25, 0.3) is 22.4 Å². The molecule has 124 valence electrons. The van der Waals surface area contributed by atoms with Crippen molar-refractivity contribution in [1.29, 1.82) is 0 Å². The second-order valence-electron chi connectivity index (χ2n) is 5.90. The number of nitrogens with zero attached hydrogens (tertiary/aromatic N) is 1. The normalized spacial score (nSPS) is 10.9. The fourth-order valence-corrected chi connectivity index (χ4v) is 2.75. The van der Waals surface area contributed by atoms with E-state index < -0.39 is 0 Å². The van der Waals surface area contributed by atoms with E-state index in [2.05, 4.69) is 15.3 Å². The van der Waals surface area contributed by atoms with Crippen molar-refractivity contribution in [2.24, 2.45) is 0 Å². The van der Waals surface area contributed by atoms with Crippen molar-refractivity contribution in [3.05, 3.63) is 77.8 Å². The van der Waals surface area contributed by atoms with E-state index in [1.807, 2.05) is 67.6 Å². The van der Waals surface area contributed by atoms with Gasteiger partial charge in [-0.2, -0.15) is 0 Å². The van der Waals surface area contributed by atoms with Gasteiger partial charge in [-0.25, -0.2) is 4.98 Å². The minimum atomic E-state index is -0.226. The van der Waals surface area contributed by atoms with Crippen molar-refractivity contribution in [2.75, 3.05) is 0 Å². The molecule has 0 aliphatic heterocycles. The van der Waals surface area contributed by atoms with Gasteiger partial charge in [0.05, 0.1) is 11.0 Å². The van der Waals surface area contributed by atoms with Gasteiger partial charge in [0.25, 0.3) is 5.91 Å². The van der Waals surface area contributed by atoms with E-state index in [9.17, 15) is 4.79 Å². The number of aromatic amines is 1. The predicted octanol–water partition coefficient (Wildman–Crippen LogP) is 4.06. The summed E-state index contributed by atoms with van der Waals surface area (Å²) in [6, 6.07) is 19.4. The molecule has 25 heavy (non-hydrogen) atoms. The molecule has 0 radical (unpaired) electrons. The minimum Gasteiger partial charge on any atom is -0.461 e. The average molecular weight is 331 g/mol. The Morgan fingerprint density at radius 1 is 1.12 bits per heavy atom. The van der Waals surface area contributed by atoms with E-state index >= 15 is 0 Å². The summed E-state index contributed by atoms with van der Waals surface area (Å²) in [5.41, 5.74) is 3.62. The highest BCUT2D eigenvalue weighted by atomic mass is 16.3. The number of imidazole rings is 1. The zero-order valence-electron chi connectivity index (χ0n) is 13.7. The Bertz CT molecular complexity index is 1010. The third kappa shape index (κ3) is 3.17. The topological polar surface area (TPSA) is 70.9 Å². The number of rotatable bonds is 4. The van der Waals surface area contributed by atoms with Crippen molar-refractivity contribution in [3.63, 3.8) is 0 Å². The molecule has 0 saturated carbocycles. The number of carbonyl (C=O) groups is 1. The maximum atomic E-state index is 12.3. The zero-order valence-corrected chi connectivity index (χ0v) is 13.7. The lowest BCUT2D eigenvalue weighted by Crippen LogP contribution is -2.23. The molecule has 0 aliphatic carbocycles. The van der Waals surface area contributed by atoms with E-state index in [1.165, 1.54) is 0 Å². The van der Waals surface area contributed by atoms with E-state index in [0.717, 1.165) is 33.7 Å². The first kappa shape index (κ1) is 15.2. The Labute approximate surface area is 144 Å². The monoisotopic (exact) mass is 331 g/mol. The van der Waals surface area contributed by atoms with Crippen LogP contribution in [-0.2, 0) is 6.54 Å². The molecule has 1 amide bonds. The third-order valence-corrected chi connectivity index (χ3v) is 4.01. The summed E-state index contributed by atoms with van der Waals surface area (Å²) >= 11 is 0. The number of aromatic nitrogens is 2. The number of hydrogen-bond acceptors (Lipinski definition) is 3. The van der Waals surface area contributed by atoms with Gasteiger partial charge in [0.15, 0.2) is 5.82 Å². The van der Waals surface area contributed by atoms with E-state index in [-0.39, 0.29) is 5.91 Å². The second kappa shape index (κ2) is 6.28. The summed E-state index contributed by atoms with van der Waals surface area (Å²) in [6.45, 7) is 2.34. The summed E-state index contributed by atoms with van der Waals surface area (Å²) < 4.78 is 5.65. The molecule has 0 fully saturated rings. The Morgan fingerprint density at radius 3 is 2.80 bits per heavy atom. The number of H-pyrrole nitrogens is 1. The molecule has 0 saturated heterocycles. The van der Waals surface area contributed by atoms with E-state index in [0.29, 0.717) is 12.4 Å². The molecule has 4 aromatic rings. The molecule has 4 rings (SSSR count). The largest absolute Gasteiger partial charge is 0.461 e. The number of hydrogen-bond donors (Lipinski definition) is 2.